The van der Waals surface area contributed by atoms with Gasteiger partial charge in [-0.15, -0.1) is 0 Å². The molecule has 1 amide bonds. The Morgan fingerprint density at radius 1 is 1.25 bits per heavy atom. The van der Waals surface area contributed by atoms with E-state index in [9.17, 15) is 14.9 Å². The van der Waals surface area contributed by atoms with E-state index >= 15 is 0 Å². The van der Waals surface area contributed by atoms with E-state index in [4.69, 9.17) is 4.74 Å². The standard InChI is InChI=1S/C22H31N3O3/c1-5-10-19(25(4)11-8-7-9-12-25)21(26)24-20-16(3)13-17(15-23)14-18(20)22(27)28-6-2/h13-14,19H,5-12H2,1-4H3/p+1. The third-order valence-corrected chi connectivity index (χ3v) is 5.66. The Kier molecular flexibility index (Phi) is 7.59. The van der Waals surface area contributed by atoms with E-state index in [1.807, 2.05) is 0 Å². The summed E-state index contributed by atoms with van der Waals surface area (Å²) in [6.07, 6.45) is 5.20. The van der Waals surface area contributed by atoms with Gasteiger partial charge in [-0.2, -0.15) is 5.26 Å². The van der Waals surface area contributed by atoms with Gasteiger partial charge in [0, 0.05) is 6.42 Å². The maximum absolute atomic E-state index is 13.3. The minimum Gasteiger partial charge on any atom is -0.462 e. The fraction of sp³-hybridized carbons (Fsp3) is 0.591. The molecule has 0 aliphatic carbocycles. The van der Waals surface area contributed by atoms with Crippen LogP contribution in [0.4, 0.5) is 5.69 Å². The Labute approximate surface area is 168 Å². The van der Waals surface area contributed by atoms with Crippen molar-refractivity contribution in [3.8, 4) is 6.07 Å². The number of ether oxygens (including phenoxy) is 1. The molecule has 1 aromatic carbocycles. The number of rotatable bonds is 7. The van der Waals surface area contributed by atoms with E-state index in [1.54, 1.807) is 19.9 Å². The maximum Gasteiger partial charge on any atom is 0.340 e. The molecule has 0 bridgehead atoms. The lowest BCUT2D eigenvalue weighted by atomic mass is 9.99. The zero-order chi connectivity index (χ0) is 20.7. The van der Waals surface area contributed by atoms with Crippen LogP contribution in [-0.4, -0.2) is 49.1 Å². The molecule has 28 heavy (non-hydrogen) atoms. The van der Waals surface area contributed by atoms with E-state index in [-0.39, 0.29) is 24.1 Å². The molecule has 6 nitrogen and oxygen atoms in total. The van der Waals surface area contributed by atoms with Crippen LogP contribution < -0.4 is 5.32 Å². The summed E-state index contributed by atoms with van der Waals surface area (Å²) in [6, 6.07) is 5.08. The smallest absolute Gasteiger partial charge is 0.340 e. The molecule has 0 radical (unpaired) electrons. The molecule has 0 aromatic heterocycles. The van der Waals surface area contributed by atoms with E-state index in [0.29, 0.717) is 16.8 Å². The summed E-state index contributed by atoms with van der Waals surface area (Å²) >= 11 is 0. The monoisotopic (exact) mass is 386 g/mol. The lowest BCUT2D eigenvalue weighted by Crippen LogP contribution is -2.59. The molecule has 1 aliphatic rings. The van der Waals surface area contributed by atoms with E-state index in [0.717, 1.165) is 43.3 Å². The average Bonchev–Trinajstić information content (AvgIpc) is 2.67. The molecule has 1 aliphatic heterocycles. The number of carbonyl (C=O) groups is 2. The number of hydrogen-bond acceptors (Lipinski definition) is 4. The lowest BCUT2D eigenvalue weighted by Gasteiger charge is -2.43. The molecular weight excluding hydrogens is 354 g/mol. The zero-order valence-corrected chi connectivity index (χ0v) is 17.5. The van der Waals surface area contributed by atoms with Crippen molar-refractivity contribution in [3.05, 3.63) is 28.8 Å². The van der Waals surface area contributed by atoms with Crippen molar-refractivity contribution in [1.29, 1.82) is 5.26 Å². The van der Waals surface area contributed by atoms with Gasteiger partial charge < -0.3 is 14.5 Å². The first-order chi connectivity index (χ1) is 13.4. The fourth-order valence-electron chi connectivity index (χ4n) is 4.14. The number of nitrogens with zero attached hydrogens (tertiary/aromatic N) is 2. The van der Waals surface area contributed by atoms with Crippen molar-refractivity contribution in [2.75, 3.05) is 32.1 Å². The number of amides is 1. The van der Waals surface area contributed by atoms with Crippen molar-refractivity contribution in [2.45, 2.75) is 58.9 Å². The summed E-state index contributed by atoms with van der Waals surface area (Å²) in [5.74, 6) is -0.590. The predicted molar refractivity (Wildman–Crippen MR) is 109 cm³/mol. The molecule has 1 aromatic rings. The number of likely N-dealkylation sites (tertiary alicyclic amines) is 1. The Bertz CT molecular complexity index is 761. The topological polar surface area (TPSA) is 79.2 Å². The van der Waals surface area contributed by atoms with Crippen molar-refractivity contribution in [2.24, 2.45) is 0 Å². The third-order valence-electron chi connectivity index (χ3n) is 5.66. The Balaban J connectivity index is 2.37. The van der Waals surface area contributed by atoms with Crippen LogP contribution in [0.1, 0.15) is 67.4 Å². The van der Waals surface area contributed by atoms with Crippen LogP contribution in [0, 0.1) is 18.3 Å². The number of quaternary nitrogens is 1. The van der Waals surface area contributed by atoms with E-state index in [1.165, 1.54) is 12.5 Å². The second kappa shape index (κ2) is 9.70. The molecule has 1 unspecified atom stereocenters. The first kappa shape index (κ1) is 21.9. The van der Waals surface area contributed by atoms with Crippen molar-refractivity contribution >= 4 is 17.6 Å². The predicted octanol–water partition coefficient (Wildman–Crippen LogP) is 3.78. The average molecular weight is 387 g/mol. The molecule has 1 atom stereocenters. The Morgan fingerprint density at radius 3 is 2.50 bits per heavy atom. The summed E-state index contributed by atoms with van der Waals surface area (Å²) in [6.45, 7) is 7.84. The summed E-state index contributed by atoms with van der Waals surface area (Å²) < 4.78 is 5.89. The number of likely N-dealkylation sites (N-methyl/N-ethyl adjacent to an activating group) is 1. The van der Waals surface area contributed by atoms with Crippen molar-refractivity contribution in [1.82, 2.24) is 0 Å². The first-order valence-electron chi connectivity index (χ1n) is 10.2. The van der Waals surface area contributed by atoms with Crippen LogP contribution in [0.15, 0.2) is 12.1 Å². The zero-order valence-electron chi connectivity index (χ0n) is 17.5. The number of esters is 1. The van der Waals surface area contributed by atoms with Gasteiger partial charge in [-0.05, 0) is 57.2 Å². The lowest BCUT2D eigenvalue weighted by molar-refractivity contribution is -0.929. The number of benzene rings is 1. The molecule has 1 heterocycles. The summed E-state index contributed by atoms with van der Waals surface area (Å²) in [5.41, 5.74) is 1.75. The highest BCUT2D eigenvalue weighted by Gasteiger charge is 2.39. The third kappa shape index (κ3) is 4.90. The van der Waals surface area contributed by atoms with E-state index < -0.39 is 5.97 Å². The van der Waals surface area contributed by atoms with Gasteiger partial charge in [-0.25, -0.2) is 4.79 Å². The molecule has 1 fully saturated rings. The number of anilines is 1. The molecular formula is C22H32N3O3+. The van der Waals surface area contributed by atoms with Gasteiger partial charge in [0.05, 0.1) is 49.6 Å². The number of nitriles is 1. The first-order valence-corrected chi connectivity index (χ1v) is 10.2. The molecule has 1 N–H and O–H groups in total. The van der Waals surface area contributed by atoms with Crippen LogP contribution in [0.2, 0.25) is 0 Å². The van der Waals surface area contributed by atoms with Crippen LogP contribution >= 0.6 is 0 Å². The Morgan fingerprint density at radius 2 is 1.93 bits per heavy atom. The fourth-order valence-corrected chi connectivity index (χ4v) is 4.14. The Hall–Kier alpha value is -2.39. The molecule has 6 heteroatoms. The summed E-state index contributed by atoms with van der Waals surface area (Å²) in [4.78, 5) is 25.7. The highest BCUT2D eigenvalue weighted by molar-refractivity contribution is 6.03. The van der Waals surface area contributed by atoms with Gasteiger partial charge in [-0.1, -0.05) is 6.92 Å². The number of nitrogens with one attached hydrogen (secondary N) is 1. The van der Waals surface area contributed by atoms with Gasteiger partial charge in [0.25, 0.3) is 5.91 Å². The van der Waals surface area contributed by atoms with Crippen LogP contribution in [0.3, 0.4) is 0 Å². The van der Waals surface area contributed by atoms with Crippen molar-refractivity contribution < 1.29 is 18.8 Å². The van der Waals surface area contributed by atoms with Gasteiger partial charge in [0.15, 0.2) is 6.04 Å². The maximum atomic E-state index is 13.3. The molecule has 152 valence electrons. The van der Waals surface area contributed by atoms with Gasteiger partial charge >= 0.3 is 5.97 Å². The number of piperidine rings is 1. The second-order valence-corrected chi connectivity index (χ2v) is 7.83. The quantitative estimate of drug-likeness (QED) is 0.571. The highest BCUT2D eigenvalue weighted by atomic mass is 16.5. The number of aryl methyl sites for hydroxylation is 1. The van der Waals surface area contributed by atoms with Crippen LogP contribution in [0.25, 0.3) is 0 Å². The number of carbonyl (C=O) groups excluding carboxylic acids is 2. The largest absolute Gasteiger partial charge is 0.462 e. The molecule has 1 saturated heterocycles. The minimum atomic E-state index is -0.525. The van der Waals surface area contributed by atoms with E-state index in [2.05, 4.69) is 25.4 Å². The summed E-state index contributed by atoms with van der Waals surface area (Å²) in [7, 11) is 2.16. The van der Waals surface area contributed by atoms with Crippen LogP contribution in [0.5, 0.6) is 0 Å². The molecule has 0 spiro atoms. The van der Waals surface area contributed by atoms with Crippen molar-refractivity contribution in [3.63, 3.8) is 0 Å². The molecule has 0 saturated carbocycles. The van der Waals surface area contributed by atoms with Gasteiger partial charge in [0.2, 0.25) is 0 Å². The SMILES string of the molecule is CCCC(C(=O)Nc1c(C)cc(C#N)cc1C(=O)OCC)[N+]1(C)CCCCC1. The molecule has 2 rings (SSSR count). The second-order valence-electron chi connectivity index (χ2n) is 7.83. The van der Waals surface area contributed by atoms with Gasteiger partial charge in [-0.3, -0.25) is 4.79 Å². The van der Waals surface area contributed by atoms with Gasteiger partial charge in [0.1, 0.15) is 0 Å². The normalized spacial score (nSPS) is 16.7. The number of hydrogen-bond donors (Lipinski definition) is 1. The highest BCUT2D eigenvalue weighted by Crippen LogP contribution is 2.28. The van der Waals surface area contributed by atoms with Crippen LogP contribution in [-0.2, 0) is 9.53 Å². The minimum absolute atomic E-state index is 0.0652. The summed E-state index contributed by atoms with van der Waals surface area (Å²) in [5, 5.41) is 12.3.